The summed E-state index contributed by atoms with van der Waals surface area (Å²) in [6, 6.07) is 12.2. The van der Waals surface area contributed by atoms with Gasteiger partial charge in [0.15, 0.2) is 0 Å². The Bertz CT molecular complexity index is 949. The first-order chi connectivity index (χ1) is 12.5. The number of benzene rings is 2. The van der Waals surface area contributed by atoms with Crippen LogP contribution in [0.15, 0.2) is 48.7 Å². The van der Waals surface area contributed by atoms with Crippen molar-refractivity contribution >= 4 is 22.5 Å². The topological polar surface area (TPSA) is 97.3 Å². The first-order valence-electron chi connectivity index (χ1n) is 8.28. The van der Waals surface area contributed by atoms with E-state index < -0.39 is 4.92 Å². The van der Waals surface area contributed by atoms with Gasteiger partial charge in [-0.15, -0.1) is 0 Å². The van der Waals surface area contributed by atoms with Gasteiger partial charge in [0.25, 0.3) is 11.6 Å². The summed E-state index contributed by atoms with van der Waals surface area (Å²) in [4.78, 5) is 25.7. The lowest BCUT2D eigenvalue weighted by atomic mass is 10.1. The van der Waals surface area contributed by atoms with E-state index in [0.29, 0.717) is 36.0 Å². The molecule has 0 radical (unpaired) electrons. The number of rotatable bonds is 7. The maximum absolute atomic E-state index is 12.3. The summed E-state index contributed by atoms with van der Waals surface area (Å²) in [7, 11) is 0. The number of H-pyrrole nitrogens is 1. The number of amides is 1. The molecule has 3 rings (SSSR count). The second kappa shape index (κ2) is 7.69. The second-order valence-corrected chi connectivity index (χ2v) is 5.96. The highest BCUT2D eigenvalue weighted by molar-refractivity contribution is 6.07. The first kappa shape index (κ1) is 17.5. The van der Waals surface area contributed by atoms with Gasteiger partial charge in [-0.1, -0.05) is 12.1 Å². The number of carbonyl (C=O) groups excluding carboxylic acids is 1. The number of aromatic nitrogens is 1. The fourth-order valence-electron chi connectivity index (χ4n) is 2.67. The van der Waals surface area contributed by atoms with E-state index in [1.165, 1.54) is 12.1 Å². The molecule has 0 saturated carbocycles. The van der Waals surface area contributed by atoms with E-state index in [9.17, 15) is 14.9 Å². The molecule has 2 N–H and O–H groups in total. The molecule has 1 heterocycles. The molecular formula is C19H19N3O4. The Morgan fingerprint density at radius 2 is 2.12 bits per heavy atom. The van der Waals surface area contributed by atoms with Crippen molar-refractivity contribution in [2.45, 2.75) is 13.3 Å². The number of hydrogen-bond acceptors (Lipinski definition) is 4. The summed E-state index contributed by atoms with van der Waals surface area (Å²) in [5.41, 5.74) is 2.16. The molecule has 26 heavy (non-hydrogen) atoms. The highest BCUT2D eigenvalue weighted by Crippen LogP contribution is 2.23. The predicted molar refractivity (Wildman–Crippen MR) is 98.6 cm³/mol. The number of nitro groups is 1. The van der Waals surface area contributed by atoms with Gasteiger partial charge in [0.05, 0.1) is 17.1 Å². The van der Waals surface area contributed by atoms with Crippen molar-refractivity contribution in [3.8, 4) is 5.75 Å². The Hall–Kier alpha value is -3.35. The molecule has 134 valence electrons. The molecule has 0 fully saturated rings. The largest absolute Gasteiger partial charge is 0.494 e. The van der Waals surface area contributed by atoms with Crippen molar-refractivity contribution < 1.29 is 14.5 Å². The number of non-ortho nitro benzene ring substituents is 1. The maximum atomic E-state index is 12.3. The van der Waals surface area contributed by atoms with E-state index in [0.717, 1.165) is 11.3 Å². The number of aromatic amines is 1. The number of nitrogens with zero attached hydrogens (tertiary/aromatic N) is 1. The van der Waals surface area contributed by atoms with Crippen molar-refractivity contribution in [3.63, 3.8) is 0 Å². The van der Waals surface area contributed by atoms with Gasteiger partial charge in [-0.2, -0.15) is 0 Å². The first-order valence-corrected chi connectivity index (χ1v) is 8.28. The van der Waals surface area contributed by atoms with Crippen molar-refractivity contribution in [2.24, 2.45) is 0 Å². The van der Waals surface area contributed by atoms with Crippen LogP contribution in [-0.4, -0.2) is 29.0 Å². The molecule has 0 saturated heterocycles. The number of aryl methyl sites for hydroxylation is 1. The fourth-order valence-corrected chi connectivity index (χ4v) is 2.67. The molecule has 2 aromatic carbocycles. The van der Waals surface area contributed by atoms with Gasteiger partial charge >= 0.3 is 0 Å². The molecule has 1 aromatic heterocycles. The van der Waals surface area contributed by atoms with Crippen molar-refractivity contribution in [1.82, 2.24) is 10.3 Å². The summed E-state index contributed by atoms with van der Waals surface area (Å²) in [5.74, 6) is 0.535. The third-order valence-corrected chi connectivity index (χ3v) is 3.99. The molecule has 1 amide bonds. The molecular weight excluding hydrogens is 334 g/mol. The van der Waals surface area contributed by atoms with E-state index in [1.54, 1.807) is 12.3 Å². The molecule has 0 unspecified atom stereocenters. The number of nitro benzene ring substituents is 1. The van der Waals surface area contributed by atoms with Crippen LogP contribution in [0.3, 0.4) is 0 Å². The van der Waals surface area contributed by atoms with E-state index in [4.69, 9.17) is 4.74 Å². The number of hydrogen-bond donors (Lipinski definition) is 2. The second-order valence-electron chi connectivity index (χ2n) is 5.96. The minimum atomic E-state index is -0.475. The zero-order valence-corrected chi connectivity index (χ0v) is 14.3. The third kappa shape index (κ3) is 4.00. The van der Waals surface area contributed by atoms with Crippen LogP contribution in [-0.2, 0) is 0 Å². The summed E-state index contributed by atoms with van der Waals surface area (Å²) in [6.45, 7) is 2.94. The minimum absolute atomic E-state index is 0.0438. The van der Waals surface area contributed by atoms with Crippen molar-refractivity contribution in [2.75, 3.05) is 13.2 Å². The van der Waals surface area contributed by atoms with Gasteiger partial charge in [-0.25, -0.2) is 0 Å². The molecule has 0 aliphatic heterocycles. The van der Waals surface area contributed by atoms with Crippen LogP contribution in [0.4, 0.5) is 5.69 Å². The third-order valence-electron chi connectivity index (χ3n) is 3.99. The van der Waals surface area contributed by atoms with E-state index in [1.807, 2.05) is 31.2 Å². The number of ether oxygens (including phenoxy) is 1. The summed E-state index contributed by atoms with van der Waals surface area (Å²) >= 11 is 0. The van der Waals surface area contributed by atoms with Crippen LogP contribution in [0.25, 0.3) is 10.9 Å². The number of fused-ring (bicyclic) bond motifs is 1. The van der Waals surface area contributed by atoms with Crippen LogP contribution < -0.4 is 10.1 Å². The van der Waals surface area contributed by atoms with Gasteiger partial charge in [0.1, 0.15) is 5.75 Å². The normalized spacial score (nSPS) is 10.7. The molecule has 0 atom stereocenters. The van der Waals surface area contributed by atoms with Gasteiger partial charge in [-0.3, -0.25) is 14.9 Å². The lowest BCUT2D eigenvalue weighted by Crippen LogP contribution is -2.25. The Balaban J connectivity index is 1.54. The van der Waals surface area contributed by atoms with Gasteiger partial charge in [0, 0.05) is 35.8 Å². The number of nitrogens with one attached hydrogen (secondary N) is 2. The lowest BCUT2D eigenvalue weighted by molar-refractivity contribution is -0.384. The quantitative estimate of drug-likeness (QED) is 0.385. The zero-order valence-electron chi connectivity index (χ0n) is 14.3. The molecule has 0 aliphatic carbocycles. The summed E-state index contributed by atoms with van der Waals surface area (Å²) < 4.78 is 5.64. The molecule has 0 spiro atoms. The van der Waals surface area contributed by atoms with E-state index in [2.05, 4.69) is 10.3 Å². The van der Waals surface area contributed by atoms with Crippen molar-refractivity contribution in [3.05, 3.63) is 69.9 Å². The SMILES string of the molecule is Cc1cccc(OCCCNC(=O)c2c[nH]c3ccc([N+](=O)[O-])cc23)c1. The fraction of sp³-hybridized carbons (Fsp3) is 0.211. The lowest BCUT2D eigenvalue weighted by Gasteiger charge is -2.07. The highest BCUT2D eigenvalue weighted by atomic mass is 16.6. The minimum Gasteiger partial charge on any atom is -0.494 e. The summed E-state index contributed by atoms with van der Waals surface area (Å²) in [6.07, 6.45) is 2.22. The van der Waals surface area contributed by atoms with Crippen LogP contribution in [0, 0.1) is 17.0 Å². The monoisotopic (exact) mass is 353 g/mol. The standard InChI is InChI=1S/C19H19N3O4/c1-13-4-2-5-15(10-13)26-9-3-8-20-19(23)17-12-21-18-7-6-14(22(24)25)11-16(17)18/h2,4-7,10-12,21H,3,8-9H2,1H3,(H,20,23). The average Bonchev–Trinajstić information content (AvgIpc) is 3.04. The van der Waals surface area contributed by atoms with E-state index in [-0.39, 0.29) is 11.6 Å². The summed E-state index contributed by atoms with van der Waals surface area (Å²) in [5, 5.41) is 14.3. The van der Waals surface area contributed by atoms with Crippen molar-refractivity contribution in [1.29, 1.82) is 0 Å². The highest BCUT2D eigenvalue weighted by Gasteiger charge is 2.15. The van der Waals surface area contributed by atoms with E-state index >= 15 is 0 Å². The smallest absolute Gasteiger partial charge is 0.270 e. The van der Waals surface area contributed by atoms with Crippen LogP contribution in [0.5, 0.6) is 5.75 Å². The molecule has 0 aliphatic rings. The maximum Gasteiger partial charge on any atom is 0.270 e. The Morgan fingerprint density at radius 3 is 2.88 bits per heavy atom. The molecule has 7 nitrogen and oxygen atoms in total. The molecule has 7 heteroatoms. The Kier molecular flexibility index (Phi) is 5.17. The van der Waals surface area contributed by atoms with Gasteiger partial charge < -0.3 is 15.0 Å². The van der Waals surface area contributed by atoms with Crippen LogP contribution in [0.2, 0.25) is 0 Å². The Morgan fingerprint density at radius 1 is 1.27 bits per heavy atom. The van der Waals surface area contributed by atoms with Gasteiger partial charge in [0.2, 0.25) is 0 Å². The van der Waals surface area contributed by atoms with Gasteiger partial charge in [-0.05, 0) is 37.1 Å². The van der Waals surface area contributed by atoms with Crippen LogP contribution in [0.1, 0.15) is 22.3 Å². The molecule has 3 aromatic rings. The Labute approximate surface area is 150 Å². The zero-order chi connectivity index (χ0) is 18.5. The average molecular weight is 353 g/mol. The number of carbonyl (C=O) groups is 1. The molecule has 0 bridgehead atoms. The predicted octanol–water partition coefficient (Wildman–Crippen LogP) is 3.58. The van der Waals surface area contributed by atoms with Crippen LogP contribution >= 0.6 is 0 Å².